The summed E-state index contributed by atoms with van der Waals surface area (Å²) >= 11 is 0. The van der Waals surface area contributed by atoms with E-state index in [1.807, 2.05) is 69.0 Å². The molecule has 1 unspecified atom stereocenters. The second-order valence-corrected chi connectivity index (χ2v) is 13.7. The number of hydrogen-bond acceptors (Lipinski definition) is 9. The number of aromatic amines is 1. The summed E-state index contributed by atoms with van der Waals surface area (Å²) < 4.78 is 19.2. The van der Waals surface area contributed by atoms with Gasteiger partial charge < -0.3 is 25.2 Å². The minimum atomic E-state index is -1.20. The highest BCUT2D eigenvalue weighted by atomic mass is 32.2. The first-order valence-electron chi connectivity index (χ1n) is 14.8. The quantitative estimate of drug-likeness (QED) is 0.237. The first-order valence-corrected chi connectivity index (χ1v) is 16.0. The average Bonchev–Trinajstić information content (AvgIpc) is 3.58. The minimum absolute atomic E-state index is 0.0446. The Labute approximate surface area is 253 Å². The van der Waals surface area contributed by atoms with Gasteiger partial charge in [-0.05, 0) is 76.7 Å². The number of carbonyl (C=O) groups is 1. The molecule has 4 heterocycles. The fourth-order valence-electron chi connectivity index (χ4n) is 5.65. The molecule has 6 rings (SSSR count). The van der Waals surface area contributed by atoms with Gasteiger partial charge in [-0.2, -0.15) is 15.1 Å². The van der Waals surface area contributed by atoms with Crippen LogP contribution in [0.5, 0.6) is 5.75 Å². The summed E-state index contributed by atoms with van der Waals surface area (Å²) in [6.45, 7) is 10.4. The molecule has 12 heteroatoms. The maximum Gasteiger partial charge on any atom is 0.254 e. The van der Waals surface area contributed by atoms with E-state index in [0.717, 1.165) is 31.5 Å². The van der Waals surface area contributed by atoms with Gasteiger partial charge in [0.05, 0.1) is 44.8 Å². The number of nitrogens with zero attached hydrogens (tertiary/aromatic N) is 5. The lowest BCUT2D eigenvalue weighted by Gasteiger charge is -2.34. The highest BCUT2D eigenvalue weighted by molar-refractivity contribution is 7.85. The van der Waals surface area contributed by atoms with E-state index in [4.69, 9.17) is 9.72 Å². The molecule has 226 valence electrons. The van der Waals surface area contributed by atoms with Gasteiger partial charge in [0.25, 0.3) is 5.91 Å². The molecule has 0 radical (unpaired) electrons. The Morgan fingerprint density at radius 1 is 1.05 bits per heavy atom. The summed E-state index contributed by atoms with van der Waals surface area (Å²) in [7, 11) is 0.924. The highest BCUT2D eigenvalue weighted by Crippen LogP contribution is 2.38. The van der Waals surface area contributed by atoms with E-state index in [-0.39, 0.29) is 23.3 Å². The van der Waals surface area contributed by atoms with Gasteiger partial charge in [0.1, 0.15) is 11.6 Å². The topological polar surface area (TPSA) is 128 Å². The van der Waals surface area contributed by atoms with Crippen molar-refractivity contribution < 1.29 is 13.7 Å². The number of benzene rings is 2. The van der Waals surface area contributed by atoms with Gasteiger partial charge in [-0.3, -0.25) is 14.1 Å². The maximum absolute atomic E-state index is 13.6. The van der Waals surface area contributed by atoms with Crippen LogP contribution in [0.4, 0.5) is 23.1 Å². The van der Waals surface area contributed by atoms with Gasteiger partial charge in [-0.1, -0.05) is 26.0 Å². The molecular formula is C31H38N8O3S. The third-order valence-corrected chi connectivity index (χ3v) is 9.52. The van der Waals surface area contributed by atoms with Gasteiger partial charge in [0, 0.05) is 23.4 Å². The van der Waals surface area contributed by atoms with Crippen molar-refractivity contribution in [3.8, 4) is 5.75 Å². The zero-order valence-corrected chi connectivity index (χ0v) is 26.0. The van der Waals surface area contributed by atoms with E-state index in [1.54, 1.807) is 6.20 Å². The molecule has 0 bridgehead atoms. The number of anilines is 4. The highest BCUT2D eigenvalue weighted by Gasteiger charge is 2.35. The SMILES string of the molecule is CC(C)Oc1cc2c(cc1Nc1nc(Nc3ccccc3S(=O)C(C)C)c3cn[nH]c3n1)C(=O)N(C1CCN(C)CC1)C2. The van der Waals surface area contributed by atoms with Crippen LogP contribution in [-0.4, -0.2) is 77.6 Å². The van der Waals surface area contributed by atoms with Crippen LogP contribution in [-0.2, 0) is 17.3 Å². The summed E-state index contributed by atoms with van der Waals surface area (Å²) in [4.78, 5) is 28.1. The van der Waals surface area contributed by atoms with Gasteiger partial charge in [0.15, 0.2) is 5.65 Å². The van der Waals surface area contributed by atoms with E-state index in [0.29, 0.717) is 56.9 Å². The Hall–Kier alpha value is -4.03. The Morgan fingerprint density at radius 3 is 2.56 bits per heavy atom. The van der Waals surface area contributed by atoms with Crippen LogP contribution in [0.25, 0.3) is 11.0 Å². The Kier molecular flexibility index (Phi) is 8.06. The number of ether oxygens (including phenoxy) is 1. The number of hydrogen-bond donors (Lipinski definition) is 3. The number of rotatable bonds is 9. The number of likely N-dealkylation sites (tertiary alicyclic amines) is 1. The zero-order valence-electron chi connectivity index (χ0n) is 25.2. The van der Waals surface area contributed by atoms with Crippen LogP contribution in [0.3, 0.4) is 0 Å². The van der Waals surface area contributed by atoms with Gasteiger partial charge in [-0.15, -0.1) is 0 Å². The zero-order chi connectivity index (χ0) is 30.2. The number of fused-ring (bicyclic) bond motifs is 2. The van der Waals surface area contributed by atoms with Crippen LogP contribution in [0, 0.1) is 0 Å². The van der Waals surface area contributed by atoms with Crippen LogP contribution in [0.15, 0.2) is 47.5 Å². The molecule has 3 N–H and O–H groups in total. The number of amides is 1. The fourth-order valence-corrected chi connectivity index (χ4v) is 6.70. The van der Waals surface area contributed by atoms with Crippen LogP contribution < -0.4 is 15.4 Å². The van der Waals surface area contributed by atoms with Gasteiger partial charge in [-0.25, -0.2) is 0 Å². The lowest BCUT2D eigenvalue weighted by Crippen LogP contribution is -2.43. The predicted octanol–water partition coefficient (Wildman–Crippen LogP) is 5.19. The second-order valence-electron chi connectivity index (χ2n) is 11.8. The molecule has 4 aromatic rings. The van der Waals surface area contributed by atoms with Crippen molar-refractivity contribution in [2.24, 2.45) is 0 Å². The molecule has 0 spiro atoms. The van der Waals surface area contributed by atoms with Crippen molar-refractivity contribution >= 4 is 50.9 Å². The summed E-state index contributed by atoms with van der Waals surface area (Å²) in [6, 6.07) is 11.6. The average molecular weight is 603 g/mol. The molecule has 11 nitrogen and oxygen atoms in total. The molecule has 2 aliphatic heterocycles. The van der Waals surface area contributed by atoms with E-state index in [2.05, 4.69) is 37.8 Å². The molecule has 43 heavy (non-hydrogen) atoms. The van der Waals surface area contributed by atoms with E-state index >= 15 is 0 Å². The van der Waals surface area contributed by atoms with Crippen molar-refractivity contribution in [2.75, 3.05) is 30.8 Å². The van der Waals surface area contributed by atoms with Crippen molar-refractivity contribution in [3.63, 3.8) is 0 Å². The summed E-state index contributed by atoms with van der Waals surface area (Å²) in [5, 5.41) is 14.4. The third-order valence-electron chi connectivity index (χ3n) is 7.87. The minimum Gasteiger partial charge on any atom is -0.489 e. The first-order chi connectivity index (χ1) is 20.7. The fraction of sp³-hybridized carbons (Fsp3) is 0.419. The van der Waals surface area contributed by atoms with Crippen molar-refractivity contribution in [1.29, 1.82) is 0 Å². The molecule has 1 fully saturated rings. The molecule has 1 atom stereocenters. The number of para-hydroxylation sites is 1. The third kappa shape index (κ3) is 5.94. The number of aromatic nitrogens is 4. The van der Waals surface area contributed by atoms with E-state index in [9.17, 15) is 9.00 Å². The van der Waals surface area contributed by atoms with E-state index < -0.39 is 10.8 Å². The summed E-state index contributed by atoms with van der Waals surface area (Å²) in [6.07, 6.45) is 3.52. The number of piperidine rings is 1. The van der Waals surface area contributed by atoms with Crippen molar-refractivity contribution in [1.82, 2.24) is 30.0 Å². The number of nitrogens with one attached hydrogen (secondary N) is 3. The number of H-pyrrole nitrogens is 1. The Bertz CT molecular complexity index is 1680. The predicted molar refractivity (Wildman–Crippen MR) is 169 cm³/mol. The Morgan fingerprint density at radius 2 is 1.81 bits per heavy atom. The largest absolute Gasteiger partial charge is 0.489 e. The maximum atomic E-state index is 13.6. The van der Waals surface area contributed by atoms with Crippen LogP contribution >= 0.6 is 0 Å². The first kappa shape index (κ1) is 29.1. The molecule has 0 saturated carbocycles. The van der Waals surface area contributed by atoms with Gasteiger partial charge >= 0.3 is 0 Å². The second kappa shape index (κ2) is 11.9. The standard InChI is InChI=1S/C31H38N8O3S/c1-18(2)42-26-14-20-17-39(21-10-12-38(5)13-11-21)30(40)22(20)15-25(26)34-31-35-28(23-16-32-37-29(23)36-31)33-24-8-6-7-9-27(24)43(41)19(3)4/h6-9,14-16,18-19,21H,10-13,17H2,1-5H3,(H3,32,33,34,35,36,37). The van der Waals surface area contributed by atoms with Crippen molar-refractivity contribution in [2.45, 2.75) is 69.4 Å². The monoisotopic (exact) mass is 602 g/mol. The Balaban J connectivity index is 1.34. The molecule has 1 amide bonds. The molecular weight excluding hydrogens is 564 g/mol. The smallest absolute Gasteiger partial charge is 0.254 e. The van der Waals surface area contributed by atoms with Crippen LogP contribution in [0.2, 0.25) is 0 Å². The molecule has 0 aliphatic carbocycles. The molecule has 2 aliphatic rings. The van der Waals surface area contributed by atoms with E-state index in [1.165, 1.54) is 0 Å². The molecule has 2 aromatic carbocycles. The van der Waals surface area contributed by atoms with Crippen molar-refractivity contribution in [3.05, 3.63) is 53.7 Å². The lowest BCUT2D eigenvalue weighted by molar-refractivity contribution is 0.0617. The number of carbonyl (C=O) groups excluding carboxylic acids is 1. The lowest BCUT2D eigenvalue weighted by atomic mass is 10.0. The molecule has 2 aromatic heterocycles. The van der Waals surface area contributed by atoms with Gasteiger partial charge in [0.2, 0.25) is 5.95 Å². The normalized spacial score (nSPS) is 16.7. The summed E-state index contributed by atoms with van der Waals surface area (Å²) in [5.41, 5.74) is 3.47. The molecule has 1 saturated heterocycles. The van der Waals surface area contributed by atoms with Crippen LogP contribution in [0.1, 0.15) is 56.5 Å². The summed E-state index contributed by atoms with van der Waals surface area (Å²) in [5.74, 6) is 1.48.